The van der Waals surface area contributed by atoms with E-state index in [9.17, 15) is 19.2 Å². The number of hydrogen-bond donors (Lipinski definition) is 6. The molecule has 4 atom stereocenters. The number of anilines is 5. The maximum atomic E-state index is 14.3. The van der Waals surface area contributed by atoms with Gasteiger partial charge in [-0.15, -0.1) is 0 Å². The Morgan fingerprint density at radius 1 is 0.778 bits per heavy atom. The number of aromatic nitrogens is 10. The molecule has 2 aliphatic heterocycles. The molecule has 1 aliphatic carbocycles. The average Bonchev–Trinajstić information content (AvgIpc) is 3.70. The van der Waals surface area contributed by atoms with E-state index in [0.29, 0.717) is 71.1 Å². The van der Waals surface area contributed by atoms with Crippen LogP contribution in [0.5, 0.6) is 0 Å². The van der Waals surface area contributed by atoms with Crippen LogP contribution in [-0.4, -0.2) is 96.4 Å². The number of nitrogen functional groups attached to an aromatic ring is 1. The summed E-state index contributed by atoms with van der Waals surface area (Å²) in [6.07, 6.45) is 14.9. The lowest BCUT2D eigenvalue weighted by Crippen LogP contribution is -2.47. The Bertz CT molecular complexity index is 2930. The van der Waals surface area contributed by atoms with Crippen LogP contribution in [0.3, 0.4) is 0 Å². The van der Waals surface area contributed by atoms with Crippen molar-refractivity contribution < 1.29 is 19.2 Å². The number of benzene rings is 1. The van der Waals surface area contributed by atoms with Crippen molar-refractivity contribution in [2.75, 3.05) is 34.8 Å². The zero-order valence-corrected chi connectivity index (χ0v) is 35.1. The molecule has 0 radical (unpaired) electrons. The first kappa shape index (κ1) is 39.7. The van der Waals surface area contributed by atoms with Crippen LogP contribution >= 0.6 is 0 Å². The van der Waals surface area contributed by atoms with Gasteiger partial charge in [-0.3, -0.25) is 38.7 Å². The Hall–Kier alpha value is -7.38. The molecular weight excluding hydrogens is 805 g/mol. The van der Waals surface area contributed by atoms with Gasteiger partial charge in [0.15, 0.2) is 0 Å². The molecule has 1 aromatic carbocycles. The molecule has 4 amide bonds. The molecule has 20 heteroatoms. The molecule has 7 aromatic rings. The van der Waals surface area contributed by atoms with Gasteiger partial charge in [0.1, 0.15) is 11.6 Å². The fourth-order valence-corrected chi connectivity index (χ4v) is 9.21. The third-order valence-electron chi connectivity index (χ3n) is 12.7. The molecule has 0 spiro atoms. The Morgan fingerprint density at radius 2 is 1.41 bits per heavy atom. The van der Waals surface area contributed by atoms with Crippen LogP contribution in [0.15, 0.2) is 55.4 Å². The summed E-state index contributed by atoms with van der Waals surface area (Å²) >= 11 is 0. The molecule has 20 nitrogen and oxygen atoms in total. The molecule has 8 heterocycles. The standard InChI is InChI=1S/C43H48N16O4/c1-4-58-35(11-12-49-58)34-10-6-23(3)20-57(34)43(63)41(61)52-32-18-46-39(28-16-48-54-37(28)32)50-30-13-24-21-59(25-7-8-25)55-29(24)14-26(30)33-9-5-22(2)19-56(33)42(62)40(60)51-31-17-45-38(44)27-15-47-53-36(27)31/h11-18,21-23,25,33-34H,4-10,19-20H2,1-3H3,(H2,44,45)(H,46,50)(H,47,53)(H,48,54)(H,51,60)(H,52,61)/t22-,23+,33+,34+/m0/s1. The summed E-state index contributed by atoms with van der Waals surface area (Å²) in [5.74, 6) is -1.89. The summed E-state index contributed by atoms with van der Waals surface area (Å²) < 4.78 is 3.86. The lowest BCUT2D eigenvalue weighted by atomic mass is 9.88. The molecule has 10 rings (SSSR count). The first-order chi connectivity index (χ1) is 30.5. The van der Waals surface area contributed by atoms with Gasteiger partial charge in [0.2, 0.25) is 0 Å². The summed E-state index contributed by atoms with van der Waals surface area (Å²) in [6, 6.07) is 5.45. The molecule has 7 N–H and O–H groups in total. The first-order valence-electron chi connectivity index (χ1n) is 21.5. The molecule has 2 saturated heterocycles. The second kappa shape index (κ2) is 15.8. The third kappa shape index (κ3) is 7.33. The van der Waals surface area contributed by atoms with Crippen LogP contribution < -0.4 is 21.7 Å². The van der Waals surface area contributed by atoms with Crippen LogP contribution in [0.25, 0.3) is 32.7 Å². The molecule has 0 bridgehead atoms. The number of H-pyrrole nitrogens is 2. The lowest BCUT2D eigenvalue weighted by molar-refractivity contribution is -0.146. The normalized spacial score (nSPS) is 20.4. The van der Waals surface area contributed by atoms with Gasteiger partial charge in [-0.25, -0.2) is 9.97 Å². The first-order valence-corrected chi connectivity index (χ1v) is 21.5. The van der Waals surface area contributed by atoms with Crippen molar-refractivity contribution in [2.24, 2.45) is 11.8 Å². The van der Waals surface area contributed by atoms with Crippen LogP contribution in [0, 0.1) is 11.8 Å². The summed E-state index contributed by atoms with van der Waals surface area (Å²) in [4.78, 5) is 67.9. The number of fused-ring (bicyclic) bond motifs is 3. The van der Waals surface area contributed by atoms with Crippen LogP contribution in [0.2, 0.25) is 0 Å². The number of aryl methyl sites for hydroxylation is 1. The van der Waals surface area contributed by atoms with Crippen LogP contribution in [0.4, 0.5) is 28.7 Å². The second-order valence-corrected chi connectivity index (χ2v) is 17.2. The highest BCUT2D eigenvalue weighted by atomic mass is 16.2. The van der Waals surface area contributed by atoms with Crippen LogP contribution in [-0.2, 0) is 25.7 Å². The lowest BCUT2D eigenvalue weighted by Gasteiger charge is -2.39. The number of pyridine rings is 2. The Morgan fingerprint density at radius 3 is 2.10 bits per heavy atom. The number of piperidine rings is 2. The largest absolute Gasteiger partial charge is 0.383 e. The van der Waals surface area contributed by atoms with Gasteiger partial charge in [-0.05, 0) is 75.5 Å². The number of rotatable bonds is 8. The molecule has 63 heavy (non-hydrogen) atoms. The maximum Gasteiger partial charge on any atom is 0.314 e. The van der Waals surface area contributed by atoms with E-state index < -0.39 is 29.7 Å². The minimum absolute atomic E-state index is 0.135. The van der Waals surface area contributed by atoms with Gasteiger partial charge in [-0.2, -0.15) is 20.4 Å². The van der Waals surface area contributed by atoms with E-state index in [0.717, 1.165) is 54.3 Å². The van der Waals surface area contributed by atoms with Gasteiger partial charge < -0.3 is 31.5 Å². The number of carbonyl (C=O) groups excluding carboxylic acids is 4. The van der Waals surface area contributed by atoms with Crippen molar-refractivity contribution in [1.29, 1.82) is 0 Å². The van der Waals surface area contributed by atoms with Gasteiger partial charge in [0, 0.05) is 48.7 Å². The predicted octanol–water partition coefficient (Wildman–Crippen LogP) is 5.33. The van der Waals surface area contributed by atoms with Gasteiger partial charge in [-0.1, -0.05) is 13.8 Å². The predicted molar refractivity (Wildman–Crippen MR) is 234 cm³/mol. The SMILES string of the molecule is CCn1nccc1[C@H]1CC[C@@H](C)CN1C(=O)C(=O)Nc1cnc(Nc2cc3cn(C4CC4)nc3cc2[C@H]2CC[C@H](C)CN2C(=O)C(=O)Nc2cnc(N)c3cn[nH]c23)c2cn[nH]c12. The van der Waals surface area contributed by atoms with E-state index in [1.165, 1.54) is 18.6 Å². The number of carbonyl (C=O) groups is 4. The fraction of sp³-hybridized carbons (Fsp3) is 0.395. The van der Waals surface area contributed by atoms with Crippen molar-refractivity contribution in [3.63, 3.8) is 0 Å². The number of nitrogens with zero attached hydrogens (tertiary/aromatic N) is 10. The summed E-state index contributed by atoms with van der Waals surface area (Å²) in [6.45, 7) is 7.59. The third-order valence-corrected chi connectivity index (χ3v) is 12.7. The zero-order valence-electron chi connectivity index (χ0n) is 35.1. The highest BCUT2D eigenvalue weighted by Crippen LogP contribution is 2.42. The highest BCUT2D eigenvalue weighted by molar-refractivity contribution is 6.40. The number of aromatic amines is 2. The summed E-state index contributed by atoms with van der Waals surface area (Å²) in [7, 11) is 0. The highest BCUT2D eigenvalue weighted by Gasteiger charge is 2.38. The quantitative estimate of drug-likeness (QED) is 0.106. The molecule has 3 aliphatic rings. The Balaban J connectivity index is 0.951. The maximum absolute atomic E-state index is 14.3. The van der Waals surface area contributed by atoms with Crippen molar-refractivity contribution in [3.8, 4) is 0 Å². The minimum Gasteiger partial charge on any atom is -0.383 e. The summed E-state index contributed by atoms with van der Waals surface area (Å²) in [5, 5.41) is 34.5. The number of amides is 4. The fourth-order valence-electron chi connectivity index (χ4n) is 9.21. The van der Waals surface area contributed by atoms with Crippen molar-refractivity contribution in [2.45, 2.75) is 84.0 Å². The molecule has 1 saturated carbocycles. The van der Waals surface area contributed by atoms with E-state index in [-0.39, 0.29) is 29.4 Å². The van der Waals surface area contributed by atoms with Crippen LogP contribution in [0.1, 0.15) is 88.7 Å². The number of hydrogen-bond acceptors (Lipinski definition) is 12. The summed E-state index contributed by atoms with van der Waals surface area (Å²) in [5.41, 5.74) is 10.6. The average molecular weight is 853 g/mol. The van der Waals surface area contributed by atoms with E-state index in [4.69, 9.17) is 15.8 Å². The Kier molecular flexibility index (Phi) is 9.98. The van der Waals surface area contributed by atoms with E-state index in [1.807, 2.05) is 40.7 Å². The molecule has 3 fully saturated rings. The van der Waals surface area contributed by atoms with Crippen molar-refractivity contribution >= 4 is 85.0 Å². The number of likely N-dealkylation sites (tertiary alicyclic amines) is 2. The zero-order chi connectivity index (χ0) is 43.5. The molecular formula is C43H48N16O4. The van der Waals surface area contributed by atoms with Crippen molar-refractivity contribution in [1.82, 2.24) is 59.7 Å². The van der Waals surface area contributed by atoms with E-state index >= 15 is 0 Å². The Labute approximate surface area is 360 Å². The molecule has 0 unspecified atom stereocenters. The van der Waals surface area contributed by atoms with Gasteiger partial charge >= 0.3 is 23.6 Å². The van der Waals surface area contributed by atoms with Crippen molar-refractivity contribution in [3.05, 3.63) is 66.6 Å². The topological polar surface area (TPSA) is 256 Å². The van der Waals surface area contributed by atoms with E-state index in [2.05, 4.69) is 60.3 Å². The minimum atomic E-state index is -0.819. The van der Waals surface area contributed by atoms with E-state index in [1.54, 1.807) is 22.2 Å². The molecule has 6 aromatic heterocycles. The smallest absolute Gasteiger partial charge is 0.314 e. The number of nitrogens with two attached hydrogens (primary N) is 1. The van der Waals surface area contributed by atoms with Gasteiger partial charge in [0.05, 0.1) is 87.3 Å². The molecule has 324 valence electrons. The van der Waals surface area contributed by atoms with Gasteiger partial charge in [0.25, 0.3) is 0 Å². The second-order valence-electron chi connectivity index (χ2n) is 17.2. The monoisotopic (exact) mass is 852 g/mol. The number of nitrogens with one attached hydrogen (secondary N) is 5.